The monoisotopic (exact) mass is 1060 g/mol. The molecule has 1 N–H and O–H groups in total. The highest BCUT2D eigenvalue weighted by Gasteiger charge is 2.24. The van der Waals surface area contributed by atoms with Crippen molar-refractivity contribution in [2.24, 2.45) is 0 Å². The third-order valence-electron chi connectivity index (χ3n) is 15.0. The summed E-state index contributed by atoms with van der Waals surface area (Å²) in [6.07, 6.45) is 67.4. The van der Waals surface area contributed by atoms with Crippen LogP contribution >= 0.6 is 21.2 Å². The Morgan fingerprint density at radius 2 is 0.588 bits per heavy atom. The van der Waals surface area contributed by atoms with E-state index in [1.807, 2.05) is 0 Å². The third kappa shape index (κ3) is 38.6. The molecule has 1 rings (SSSR count). The van der Waals surface area contributed by atoms with E-state index in [4.69, 9.17) is 0 Å². The number of aryl methyl sites for hydroxylation is 2. The zero-order valence-corrected chi connectivity index (χ0v) is 48.4. The van der Waals surface area contributed by atoms with Crippen molar-refractivity contribution in [2.75, 3.05) is 0 Å². The molecule has 1 aromatic rings. The molecule has 0 heterocycles. The van der Waals surface area contributed by atoms with Gasteiger partial charge in [-0.3, -0.25) is 18.0 Å². The normalized spacial score (nSPS) is 11.5. The molecule has 4 nitrogen and oxygen atoms in total. The number of halogens is 1. The van der Waals surface area contributed by atoms with Crippen LogP contribution < -0.4 is 5.32 Å². The summed E-state index contributed by atoms with van der Waals surface area (Å²) in [4.78, 5) is 26.2. The second-order valence-electron chi connectivity index (χ2n) is 21.6. The highest BCUT2D eigenvalue weighted by Crippen LogP contribution is 2.32. The average molecular weight is 1060 g/mol. The molecular formula is C63H116INO3. The first-order valence-electron chi connectivity index (χ1n) is 30.8. The molecule has 1 aromatic carbocycles. The van der Waals surface area contributed by atoms with Crippen LogP contribution in [0.15, 0.2) is 6.07 Å². The minimum atomic E-state index is -1.57. The van der Waals surface area contributed by atoms with Crippen LogP contribution in [0.2, 0.25) is 0 Å². The lowest BCUT2D eigenvalue weighted by atomic mass is 9.88. The number of imide groups is 1. The summed E-state index contributed by atoms with van der Waals surface area (Å²) in [5, 5.41) is 2.63. The van der Waals surface area contributed by atoms with Crippen molar-refractivity contribution in [3.8, 4) is 0 Å². The fourth-order valence-electron chi connectivity index (χ4n) is 10.6. The maximum Gasteiger partial charge on any atom is 0.259 e. The summed E-state index contributed by atoms with van der Waals surface area (Å²) in [5.41, 5.74) is 4.10. The van der Waals surface area contributed by atoms with Crippen molar-refractivity contribution in [3.05, 3.63) is 31.9 Å². The van der Waals surface area contributed by atoms with Crippen molar-refractivity contribution in [2.45, 2.75) is 355 Å². The summed E-state index contributed by atoms with van der Waals surface area (Å²) in [6.45, 7) is 8.31. The van der Waals surface area contributed by atoms with Crippen LogP contribution in [0.1, 0.15) is 363 Å². The Bertz CT molecular complexity index is 1290. The molecular weight excluding hydrogens is 946 g/mol. The van der Waals surface area contributed by atoms with Crippen LogP contribution in [-0.4, -0.2) is 11.8 Å². The SMILES string of the molecule is CCCCCCCCCCCCCCCCCCc1cc(CCCCCCCCCCCCCCCCCC)c(I=O)c(C(=O)NC(C)=O)c1CCCCCCCCCCCCCCCCCC. The predicted octanol–water partition coefficient (Wildman–Crippen LogP) is 21.9. The summed E-state index contributed by atoms with van der Waals surface area (Å²) < 4.78 is 14.0. The number of amides is 2. The molecule has 0 aliphatic carbocycles. The standard InChI is InChI=1S/C63H116INO3/c1-5-8-11-14-17-20-23-26-29-32-35-38-41-44-47-50-53-58-56-59(54-51-48-45-42-39-36-33-30-27-24-21-18-15-12-9-6-2)62(64-68)61(63(67)65-57(4)66)60(58)55-52-49-46-43-40-37-34-31-28-25-22-19-16-13-10-7-3/h56H,5-55H2,1-4H3,(H,65,66,67). The molecule has 0 unspecified atom stereocenters. The zero-order chi connectivity index (χ0) is 49.2. The van der Waals surface area contributed by atoms with E-state index in [0.717, 1.165) is 59.6 Å². The molecule has 2 amide bonds. The minimum Gasteiger partial charge on any atom is -0.293 e. The van der Waals surface area contributed by atoms with Gasteiger partial charge in [0.25, 0.3) is 5.91 Å². The number of unbranched alkanes of at least 4 members (excludes halogenated alkanes) is 45. The molecule has 398 valence electrons. The van der Waals surface area contributed by atoms with Gasteiger partial charge in [0, 0.05) is 6.92 Å². The third-order valence-corrected chi connectivity index (χ3v) is 16.7. The van der Waals surface area contributed by atoms with Gasteiger partial charge < -0.3 is 0 Å². The number of hydrogen-bond donors (Lipinski definition) is 1. The van der Waals surface area contributed by atoms with E-state index in [9.17, 15) is 12.7 Å². The maximum atomic E-state index is 13.9. The molecule has 0 saturated heterocycles. The van der Waals surface area contributed by atoms with Gasteiger partial charge in [0.15, 0.2) is 21.2 Å². The van der Waals surface area contributed by atoms with E-state index in [1.165, 1.54) is 295 Å². The number of nitrogens with one attached hydrogen (secondary N) is 1. The van der Waals surface area contributed by atoms with Crippen molar-refractivity contribution in [1.29, 1.82) is 0 Å². The molecule has 68 heavy (non-hydrogen) atoms. The molecule has 0 spiro atoms. The van der Waals surface area contributed by atoms with Gasteiger partial charge >= 0.3 is 0 Å². The van der Waals surface area contributed by atoms with Gasteiger partial charge in [-0.2, -0.15) is 0 Å². The van der Waals surface area contributed by atoms with E-state index in [1.54, 1.807) is 0 Å². The van der Waals surface area contributed by atoms with Crippen molar-refractivity contribution in [1.82, 2.24) is 5.32 Å². The fourth-order valence-corrected chi connectivity index (χ4v) is 12.1. The van der Waals surface area contributed by atoms with E-state index in [-0.39, 0.29) is 11.8 Å². The van der Waals surface area contributed by atoms with Crippen LogP contribution in [0.3, 0.4) is 0 Å². The van der Waals surface area contributed by atoms with Crippen molar-refractivity contribution in [3.63, 3.8) is 0 Å². The molecule has 0 aliphatic heterocycles. The molecule has 0 atom stereocenters. The topological polar surface area (TPSA) is 63.2 Å². The van der Waals surface area contributed by atoms with Gasteiger partial charge in [0.1, 0.15) is 0 Å². The van der Waals surface area contributed by atoms with E-state index < -0.39 is 21.2 Å². The molecule has 0 saturated carbocycles. The van der Waals surface area contributed by atoms with Crippen LogP contribution in [-0.2, 0) is 27.1 Å². The number of carbonyl (C=O) groups excluding carboxylic acids is 2. The van der Waals surface area contributed by atoms with Gasteiger partial charge in [-0.05, 0) is 55.2 Å². The van der Waals surface area contributed by atoms with Gasteiger partial charge in [0.05, 0.1) is 9.13 Å². The van der Waals surface area contributed by atoms with E-state index in [0.29, 0.717) is 5.56 Å². The first kappa shape index (κ1) is 64.9. The number of benzene rings is 1. The summed E-state index contributed by atoms with van der Waals surface area (Å²) in [6, 6.07) is 2.37. The highest BCUT2D eigenvalue weighted by molar-refractivity contribution is 14.1. The molecule has 0 aliphatic rings. The summed E-state index contributed by atoms with van der Waals surface area (Å²) in [5.74, 6) is -0.655. The Hall–Kier alpha value is -1.11. The van der Waals surface area contributed by atoms with Crippen molar-refractivity contribution < 1.29 is 12.7 Å². The lowest BCUT2D eigenvalue weighted by molar-refractivity contribution is -0.118. The Morgan fingerprint density at radius 1 is 0.353 bits per heavy atom. The Balaban J connectivity index is 2.74. The van der Waals surface area contributed by atoms with Crippen LogP contribution in [0.5, 0.6) is 0 Å². The highest BCUT2D eigenvalue weighted by atomic mass is 127. The fraction of sp³-hybridized carbons (Fsp3) is 0.873. The van der Waals surface area contributed by atoms with Gasteiger partial charge in [0.2, 0.25) is 5.91 Å². The summed E-state index contributed by atoms with van der Waals surface area (Å²) in [7, 11) is 0. The maximum absolute atomic E-state index is 13.9. The van der Waals surface area contributed by atoms with Gasteiger partial charge in [-0.25, -0.2) is 0 Å². The lowest BCUT2D eigenvalue weighted by Crippen LogP contribution is -2.30. The van der Waals surface area contributed by atoms with E-state index in [2.05, 4.69) is 32.2 Å². The second kappa shape index (κ2) is 50.8. The Morgan fingerprint density at radius 3 is 0.838 bits per heavy atom. The molecule has 0 aromatic heterocycles. The van der Waals surface area contributed by atoms with Crippen LogP contribution in [0, 0.1) is 3.57 Å². The van der Waals surface area contributed by atoms with Crippen LogP contribution in [0.4, 0.5) is 0 Å². The largest absolute Gasteiger partial charge is 0.293 e. The minimum absolute atomic E-state index is 0.323. The average Bonchev–Trinajstić information content (AvgIpc) is 3.33. The molecule has 5 heteroatoms. The summed E-state index contributed by atoms with van der Waals surface area (Å²) >= 11 is -1.57. The number of carbonyl (C=O) groups is 2. The molecule has 0 radical (unpaired) electrons. The second-order valence-corrected chi connectivity index (χ2v) is 23.1. The quantitative estimate of drug-likeness (QED) is 0.0522. The Labute approximate surface area is 435 Å². The smallest absolute Gasteiger partial charge is 0.259 e. The lowest BCUT2D eigenvalue weighted by Gasteiger charge is -2.20. The molecule has 0 bridgehead atoms. The Kier molecular flexibility index (Phi) is 48.5. The predicted molar refractivity (Wildman–Crippen MR) is 308 cm³/mol. The first-order chi connectivity index (χ1) is 33.5. The van der Waals surface area contributed by atoms with Crippen LogP contribution in [0.25, 0.3) is 0 Å². The molecule has 0 fully saturated rings. The number of hydrogen-bond acceptors (Lipinski definition) is 3. The zero-order valence-electron chi connectivity index (χ0n) is 46.2. The van der Waals surface area contributed by atoms with Gasteiger partial charge in [-0.15, -0.1) is 0 Å². The van der Waals surface area contributed by atoms with Gasteiger partial charge in [-0.1, -0.05) is 316 Å². The van der Waals surface area contributed by atoms with Crippen molar-refractivity contribution >= 4 is 33.0 Å². The first-order valence-corrected chi connectivity index (χ1v) is 32.7. The number of rotatable bonds is 53. The van der Waals surface area contributed by atoms with E-state index >= 15 is 0 Å².